The molecule has 1 unspecified atom stereocenters. The number of benzene rings is 3. The summed E-state index contributed by atoms with van der Waals surface area (Å²) in [5.74, 6) is 0.0874. The lowest BCUT2D eigenvalue weighted by molar-refractivity contribution is -0.117. The second-order valence-electron chi connectivity index (χ2n) is 12.7. The van der Waals surface area contributed by atoms with Gasteiger partial charge >= 0.3 is 0 Å². The molecule has 3 aromatic carbocycles. The summed E-state index contributed by atoms with van der Waals surface area (Å²) in [5.41, 5.74) is 2.26. The maximum atomic E-state index is 14.0. The van der Waals surface area contributed by atoms with E-state index in [-0.39, 0.29) is 23.2 Å². The van der Waals surface area contributed by atoms with Crippen LogP contribution in [0.4, 0.5) is 17.1 Å². The summed E-state index contributed by atoms with van der Waals surface area (Å²) in [5, 5.41) is 17.8. The van der Waals surface area contributed by atoms with Crippen molar-refractivity contribution in [1.82, 2.24) is 10.6 Å². The summed E-state index contributed by atoms with van der Waals surface area (Å²) >= 11 is 0. The molecule has 0 spiro atoms. The summed E-state index contributed by atoms with van der Waals surface area (Å²) < 4.78 is 27.4. The minimum Gasteiger partial charge on any atom is -0.390 e. The van der Waals surface area contributed by atoms with Crippen LogP contribution in [0.3, 0.4) is 0 Å². The molecule has 10 heteroatoms. The molecule has 46 heavy (non-hydrogen) atoms. The zero-order chi connectivity index (χ0) is 33.3. The zero-order valence-corrected chi connectivity index (χ0v) is 28.2. The molecule has 1 fully saturated rings. The Morgan fingerprint density at radius 2 is 1.63 bits per heavy atom. The number of hydrogen-bond donors (Lipinski definition) is 3. The summed E-state index contributed by atoms with van der Waals surface area (Å²) in [6.45, 7) is 7.29. The molecular weight excluding hydrogens is 600 g/mol. The van der Waals surface area contributed by atoms with E-state index in [0.717, 1.165) is 31.1 Å². The molecule has 3 atom stereocenters. The van der Waals surface area contributed by atoms with Crippen molar-refractivity contribution >= 4 is 38.9 Å². The first-order valence-corrected chi connectivity index (χ1v) is 18.0. The Bertz CT molecular complexity index is 1550. The SMILES string of the molecule is CC(C)CCCC(C)NC[C@@H](O)[C@H](Cc1ccccc1)NC(=O)c1cc(N2CCCC2=O)cc(N(c2ccccc2)S(C)(=O)=O)c1. The molecule has 0 radical (unpaired) electrons. The van der Waals surface area contributed by atoms with Gasteiger partial charge in [-0.25, -0.2) is 12.7 Å². The highest BCUT2D eigenvalue weighted by Gasteiger charge is 2.28. The van der Waals surface area contributed by atoms with E-state index in [0.29, 0.717) is 49.6 Å². The van der Waals surface area contributed by atoms with Gasteiger partial charge in [-0.2, -0.15) is 0 Å². The number of anilines is 3. The van der Waals surface area contributed by atoms with E-state index < -0.39 is 28.1 Å². The monoisotopic (exact) mass is 648 g/mol. The van der Waals surface area contributed by atoms with Gasteiger partial charge < -0.3 is 20.6 Å². The largest absolute Gasteiger partial charge is 0.390 e. The Labute approximate surface area is 274 Å². The molecule has 1 aliphatic rings. The van der Waals surface area contributed by atoms with Crippen molar-refractivity contribution < 1.29 is 23.1 Å². The van der Waals surface area contributed by atoms with E-state index in [1.807, 2.05) is 30.3 Å². The first kappa shape index (κ1) is 35.1. The number of para-hydroxylation sites is 1. The van der Waals surface area contributed by atoms with Crippen molar-refractivity contribution in [3.05, 3.63) is 90.0 Å². The lowest BCUT2D eigenvalue weighted by atomic mass is 9.99. The van der Waals surface area contributed by atoms with Crippen LogP contribution in [0.1, 0.15) is 68.8 Å². The summed E-state index contributed by atoms with van der Waals surface area (Å²) in [6, 6.07) is 22.6. The highest BCUT2D eigenvalue weighted by molar-refractivity contribution is 7.92. The average Bonchev–Trinajstić information content (AvgIpc) is 3.45. The van der Waals surface area contributed by atoms with E-state index in [4.69, 9.17) is 0 Å². The van der Waals surface area contributed by atoms with Crippen LogP contribution in [0.25, 0.3) is 0 Å². The Hall–Kier alpha value is -3.73. The molecule has 1 saturated heterocycles. The standard InChI is InChI=1S/C36H48N4O5S/c1-26(2)13-11-14-27(3)37-25-34(41)33(21-28-15-7-5-8-16-28)38-36(43)29-22-31(39-20-12-19-35(39)42)24-32(23-29)40(46(4,44)45)30-17-9-6-10-18-30/h5-10,15-18,22-24,26-27,33-34,37,41H,11-14,19-21,25H2,1-4H3,(H,38,43)/t27?,33-,34+/m0/s1. The van der Waals surface area contributed by atoms with E-state index >= 15 is 0 Å². The van der Waals surface area contributed by atoms with E-state index in [2.05, 4.69) is 31.4 Å². The number of nitrogens with one attached hydrogen (secondary N) is 2. The molecule has 9 nitrogen and oxygen atoms in total. The number of sulfonamides is 1. The first-order chi connectivity index (χ1) is 21.9. The lowest BCUT2D eigenvalue weighted by Crippen LogP contribution is -2.49. The predicted molar refractivity (Wildman–Crippen MR) is 185 cm³/mol. The molecule has 0 aromatic heterocycles. The van der Waals surface area contributed by atoms with Crippen LogP contribution in [-0.2, 0) is 21.2 Å². The fraction of sp³-hybridized carbons (Fsp3) is 0.444. The summed E-state index contributed by atoms with van der Waals surface area (Å²) in [4.78, 5) is 28.3. The normalized spacial score (nSPS) is 15.5. The minimum absolute atomic E-state index is 0.0833. The lowest BCUT2D eigenvalue weighted by Gasteiger charge is -2.28. The van der Waals surface area contributed by atoms with Gasteiger partial charge in [-0.05, 0) is 68.0 Å². The first-order valence-electron chi connectivity index (χ1n) is 16.2. The molecule has 4 rings (SSSR count). The quantitative estimate of drug-likeness (QED) is 0.191. The van der Waals surface area contributed by atoms with Crippen LogP contribution in [0.5, 0.6) is 0 Å². The smallest absolute Gasteiger partial charge is 0.251 e. The fourth-order valence-corrected chi connectivity index (χ4v) is 6.81. The molecule has 0 bridgehead atoms. The molecule has 3 aromatic rings. The third kappa shape index (κ3) is 9.88. The topological polar surface area (TPSA) is 119 Å². The van der Waals surface area contributed by atoms with Crippen molar-refractivity contribution in [1.29, 1.82) is 0 Å². The molecule has 0 saturated carbocycles. The molecule has 3 N–H and O–H groups in total. The number of carbonyl (C=O) groups is 2. The van der Waals surface area contributed by atoms with E-state index in [1.165, 1.54) is 10.4 Å². The molecule has 1 aliphatic heterocycles. The van der Waals surface area contributed by atoms with Crippen molar-refractivity contribution in [2.75, 3.05) is 28.6 Å². The summed E-state index contributed by atoms with van der Waals surface area (Å²) in [6.07, 6.45) is 4.90. The minimum atomic E-state index is -3.82. The Kier molecular flexibility index (Phi) is 12.4. The van der Waals surface area contributed by atoms with Crippen LogP contribution in [0.2, 0.25) is 0 Å². The number of rotatable bonds is 16. The molecule has 1 heterocycles. The van der Waals surface area contributed by atoms with Gasteiger partial charge in [0.05, 0.1) is 29.8 Å². The molecule has 0 aliphatic carbocycles. The average molecular weight is 649 g/mol. The van der Waals surface area contributed by atoms with Crippen molar-refractivity contribution in [2.45, 2.75) is 77.5 Å². The highest BCUT2D eigenvalue weighted by Crippen LogP contribution is 2.34. The molecule has 2 amide bonds. The van der Waals surface area contributed by atoms with Gasteiger partial charge in [-0.1, -0.05) is 75.2 Å². The Morgan fingerprint density at radius 1 is 0.957 bits per heavy atom. The number of aliphatic hydroxyl groups excluding tert-OH is 1. The second kappa shape index (κ2) is 16.2. The number of nitrogens with zero attached hydrogens (tertiary/aromatic N) is 2. The fourth-order valence-electron chi connectivity index (χ4n) is 5.82. The van der Waals surface area contributed by atoms with Gasteiger partial charge in [0.25, 0.3) is 5.91 Å². The Balaban J connectivity index is 1.64. The van der Waals surface area contributed by atoms with Gasteiger partial charge in [0.15, 0.2) is 0 Å². The van der Waals surface area contributed by atoms with Crippen LogP contribution >= 0.6 is 0 Å². The Morgan fingerprint density at radius 3 is 2.24 bits per heavy atom. The van der Waals surface area contributed by atoms with Gasteiger partial charge in [0.2, 0.25) is 15.9 Å². The van der Waals surface area contributed by atoms with Gasteiger partial charge in [-0.3, -0.25) is 9.59 Å². The molecular formula is C36H48N4O5S. The number of aliphatic hydroxyl groups is 1. The van der Waals surface area contributed by atoms with Crippen molar-refractivity contribution in [3.8, 4) is 0 Å². The van der Waals surface area contributed by atoms with E-state index in [9.17, 15) is 23.1 Å². The highest BCUT2D eigenvalue weighted by atomic mass is 32.2. The van der Waals surface area contributed by atoms with Crippen LogP contribution in [0, 0.1) is 5.92 Å². The van der Waals surface area contributed by atoms with Crippen LogP contribution < -0.4 is 19.8 Å². The third-order valence-electron chi connectivity index (χ3n) is 8.28. The predicted octanol–water partition coefficient (Wildman–Crippen LogP) is 5.42. The molecule has 248 valence electrons. The van der Waals surface area contributed by atoms with E-state index in [1.54, 1.807) is 47.4 Å². The van der Waals surface area contributed by atoms with Crippen molar-refractivity contribution in [3.63, 3.8) is 0 Å². The number of hydrogen-bond acceptors (Lipinski definition) is 6. The van der Waals surface area contributed by atoms with Gasteiger partial charge in [-0.15, -0.1) is 0 Å². The van der Waals surface area contributed by atoms with Crippen LogP contribution in [-0.4, -0.2) is 62.9 Å². The van der Waals surface area contributed by atoms with Crippen LogP contribution in [0.15, 0.2) is 78.9 Å². The summed E-state index contributed by atoms with van der Waals surface area (Å²) in [7, 11) is -3.82. The number of carbonyl (C=O) groups excluding carboxylic acids is 2. The number of amides is 2. The van der Waals surface area contributed by atoms with Gasteiger partial charge in [0.1, 0.15) is 0 Å². The zero-order valence-electron chi connectivity index (χ0n) is 27.4. The maximum Gasteiger partial charge on any atom is 0.251 e. The second-order valence-corrected chi connectivity index (χ2v) is 14.6. The van der Waals surface area contributed by atoms with Gasteiger partial charge in [0, 0.05) is 36.8 Å². The van der Waals surface area contributed by atoms with Crippen molar-refractivity contribution in [2.24, 2.45) is 5.92 Å². The third-order valence-corrected chi connectivity index (χ3v) is 9.37. The maximum absolute atomic E-state index is 14.0.